The maximum Gasteiger partial charge on any atom is 0.341 e. The topological polar surface area (TPSA) is 143 Å². The highest BCUT2D eigenvalue weighted by molar-refractivity contribution is 7.12. The standard InChI is InChI=1S/C21H18N6O5S/c1-10-5-15(26-7-12(8-26)19(29)23-14-6-11(2)32-25-14)24-18-16(10)17(28)13(20(30)31)9-27(18)21-22-3-4-33-21/h3-6,9,12H,7-8H2,1-2H3,(H,30,31)(H,23,25,29). The number of rotatable bonds is 5. The molecule has 0 unspecified atom stereocenters. The van der Waals surface area contributed by atoms with Crippen LogP contribution in [0.2, 0.25) is 0 Å². The molecule has 5 heterocycles. The van der Waals surface area contributed by atoms with E-state index in [0.717, 1.165) is 0 Å². The Morgan fingerprint density at radius 2 is 2.06 bits per heavy atom. The largest absolute Gasteiger partial charge is 0.477 e. The van der Waals surface area contributed by atoms with Gasteiger partial charge in [0.2, 0.25) is 11.3 Å². The number of carboxylic acids is 1. The summed E-state index contributed by atoms with van der Waals surface area (Å²) in [4.78, 5) is 47.8. The number of amides is 1. The lowest BCUT2D eigenvalue weighted by Crippen LogP contribution is -2.52. The molecule has 4 aromatic rings. The van der Waals surface area contributed by atoms with Crippen molar-refractivity contribution in [1.29, 1.82) is 0 Å². The molecule has 12 heteroatoms. The van der Waals surface area contributed by atoms with Gasteiger partial charge in [0, 0.05) is 36.9 Å². The minimum absolute atomic E-state index is 0.164. The van der Waals surface area contributed by atoms with Gasteiger partial charge >= 0.3 is 5.97 Å². The van der Waals surface area contributed by atoms with Crippen LogP contribution in [0.3, 0.4) is 0 Å². The number of carbonyl (C=O) groups excluding carboxylic acids is 1. The van der Waals surface area contributed by atoms with Crippen LogP contribution in [0.4, 0.5) is 11.6 Å². The molecule has 0 spiro atoms. The van der Waals surface area contributed by atoms with Gasteiger partial charge in [-0.05, 0) is 25.5 Å². The van der Waals surface area contributed by atoms with Crippen LogP contribution in [0.15, 0.2) is 39.2 Å². The summed E-state index contributed by atoms with van der Waals surface area (Å²) in [6.45, 7) is 4.36. The Labute approximate surface area is 190 Å². The van der Waals surface area contributed by atoms with E-state index in [2.05, 4.69) is 20.4 Å². The molecule has 33 heavy (non-hydrogen) atoms. The van der Waals surface area contributed by atoms with Crippen molar-refractivity contribution in [3.63, 3.8) is 0 Å². The molecule has 0 bridgehead atoms. The predicted molar refractivity (Wildman–Crippen MR) is 120 cm³/mol. The highest BCUT2D eigenvalue weighted by atomic mass is 32.1. The van der Waals surface area contributed by atoms with Crippen LogP contribution in [0, 0.1) is 19.8 Å². The first-order valence-electron chi connectivity index (χ1n) is 10.0. The maximum absolute atomic E-state index is 12.9. The summed E-state index contributed by atoms with van der Waals surface area (Å²) in [5.74, 6) is -0.159. The zero-order valence-corrected chi connectivity index (χ0v) is 18.4. The molecule has 168 valence electrons. The van der Waals surface area contributed by atoms with E-state index < -0.39 is 11.4 Å². The lowest BCUT2D eigenvalue weighted by Gasteiger charge is -2.39. The highest BCUT2D eigenvalue weighted by Gasteiger charge is 2.34. The molecule has 0 saturated carbocycles. The summed E-state index contributed by atoms with van der Waals surface area (Å²) < 4.78 is 6.49. The lowest BCUT2D eigenvalue weighted by atomic mass is 9.98. The molecule has 5 rings (SSSR count). The van der Waals surface area contributed by atoms with Crippen molar-refractivity contribution in [3.05, 3.63) is 57.0 Å². The Morgan fingerprint density at radius 1 is 1.27 bits per heavy atom. The Hall–Kier alpha value is -4.06. The number of aromatic carboxylic acids is 1. The Bertz CT molecular complexity index is 1450. The summed E-state index contributed by atoms with van der Waals surface area (Å²) in [5, 5.41) is 18.5. The number of carbonyl (C=O) groups is 2. The number of pyridine rings is 2. The van der Waals surface area contributed by atoms with Gasteiger partial charge in [-0.25, -0.2) is 14.8 Å². The third-order valence-electron chi connectivity index (χ3n) is 5.45. The fourth-order valence-corrected chi connectivity index (χ4v) is 4.38. The zero-order valence-electron chi connectivity index (χ0n) is 17.6. The van der Waals surface area contributed by atoms with Crippen molar-refractivity contribution >= 4 is 45.9 Å². The highest BCUT2D eigenvalue weighted by Crippen LogP contribution is 2.29. The van der Waals surface area contributed by atoms with Crippen LogP contribution >= 0.6 is 11.3 Å². The Morgan fingerprint density at radius 3 is 2.70 bits per heavy atom. The van der Waals surface area contributed by atoms with Gasteiger partial charge in [-0.15, -0.1) is 11.3 Å². The molecule has 0 aromatic carbocycles. The van der Waals surface area contributed by atoms with Crippen molar-refractivity contribution in [2.24, 2.45) is 5.92 Å². The second-order valence-corrected chi connectivity index (χ2v) is 8.64. The van der Waals surface area contributed by atoms with Gasteiger partial charge in [-0.1, -0.05) is 5.16 Å². The first-order chi connectivity index (χ1) is 15.8. The predicted octanol–water partition coefficient (Wildman–Crippen LogP) is 2.22. The lowest BCUT2D eigenvalue weighted by molar-refractivity contribution is -0.120. The van der Waals surface area contributed by atoms with Gasteiger partial charge < -0.3 is 19.8 Å². The van der Waals surface area contributed by atoms with E-state index in [1.807, 2.05) is 4.90 Å². The number of aromatic nitrogens is 4. The molecular formula is C21H18N6O5S. The van der Waals surface area contributed by atoms with Gasteiger partial charge in [-0.3, -0.25) is 14.2 Å². The Kier molecular flexibility index (Phi) is 4.93. The Balaban J connectivity index is 1.48. The SMILES string of the molecule is Cc1cc(NC(=O)C2CN(c3cc(C)c4c(=O)c(C(=O)O)cn(-c5nccs5)c4n3)C2)no1. The van der Waals surface area contributed by atoms with E-state index in [9.17, 15) is 19.5 Å². The van der Waals surface area contributed by atoms with Crippen LogP contribution in [0.5, 0.6) is 0 Å². The summed E-state index contributed by atoms with van der Waals surface area (Å²) in [6.07, 6.45) is 2.85. The first-order valence-corrected chi connectivity index (χ1v) is 10.9. The third-order valence-corrected chi connectivity index (χ3v) is 6.22. The number of aryl methyl sites for hydroxylation is 2. The number of nitrogens with zero attached hydrogens (tertiary/aromatic N) is 5. The second kappa shape index (κ2) is 7.81. The minimum atomic E-state index is -1.31. The fraction of sp³-hybridized carbons (Fsp3) is 0.238. The molecule has 2 N–H and O–H groups in total. The summed E-state index contributed by atoms with van der Waals surface area (Å²) in [5.41, 5.74) is -0.0231. The van der Waals surface area contributed by atoms with Gasteiger partial charge in [0.1, 0.15) is 17.1 Å². The average Bonchev–Trinajstić information content (AvgIpc) is 3.38. The fourth-order valence-electron chi connectivity index (χ4n) is 3.76. The molecule has 0 radical (unpaired) electrons. The summed E-state index contributed by atoms with van der Waals surface area (Å²) in [6, 6.07) is 3.38. The van der Waals surface area contributed by atoms with Crippen LogP contribution in [0.1, 0.15) is 21.7 Å². The van der Waals surface area contributed by atoms with Gasteiger partial charge in [0.15, 0.2) is 16.6 Å². The van der Waals surface area contributed by atoms with Crippen LogP contribution < -0.4 is 15.6 Å². The van der Waals surface area contributed by atoms with Gasteiger partial charge in [-0.2, -0.15) is 0 Å². The molecule has 4 aromatic heterocycles. The monoisotopic (exact) mass is 466 g/mol. The summed E-state index contributed by atoms with van der Waals surface area (Å²) >= 11 is 1.30. The van der Waals surface area contributed by atoms with E-state index in [-0.39, 0.29) is 22.8 Å². The van der Waals surface area contributed by atoms with E-state index in [0.29, 0.717) is 46.8 Å². The van der Waals surface area contributed by atoms with E-state index >= 15 is 0 Å². The molecule has 0 aliphatic carbocycles. The van der Waals surface area contributed by atoms with Crippen molar-refractivity contribution < 1.29 is 19.2 Å². The molecule has 1 aliphatic rings. The number of anilines is 2. The van der Waals surface area contributed by atoms with E-state index in [1.165, 1.54) is 22.1 Å². The third kappa shape index (κ3) is 3.63. The van der Waals surface area contributed by atoms with Crippen molar-refractivity contribution in [2.75, 3.05) is 23.3 Å². The number of hydrogen-bond donors (Lipinski definition) is 2. The zero-order chi connectivity index (χ0) is 23.3. The average molecular weight is 466 g/mol. The molecule has 11 nitrogen and oxygen atoms in total. The maximum atomic E-state index is 12.9. The minimum Gasteiger partial charge on any atom is -0.477 e. The van der Waals surface area contributed by atoms with Crippen LogP contribution in [0.25, 0.3) is 16.2 Å². The summed E-state index contributed by atoms with van der Waals surface area (Å²) in [7, 11) is 0. The number of nitrogens with one attached hydrogen (secondary N) is 1. The van der Waals surface area contributed by atoms with Crippen LogP contribution in [-0.4, -0.2) is 49.8 Å². The molecular weight excluding hydrogens is 448 g/mol. The van der Waals surface area contributed by atoms with Crippen LogP contribution in [-0.2, 0) is 4.79 Å². The molecule has 0 atom stereocenters. The van der Waals surface area contributed by atoms with Gasteiger partial charge in [0.25, 0.3) is 0 Å². The number of thiazole rings is 1. The normalized spacial score (nSPS) is 13.8. The van der Waals surface area contributed by atoms with Crippen molar-refractivity contribution in [2.45, 2.75) is 13.8 Å². The smallest absolute Gasteiger partial charge is 0.341 e. The number of fused-ring (bicyclic) bond motifs is 1. The number of carboxylic acid groups (broad SMARTS) is 1. The molecule has 1 saturated heterocycles. The molecule has 1 aliphatic heterocycles. The van der Waals surface area contributed by atoms with Gasteiger partial charge in [0.05, 0.1) is 11.3 Å². The number of hydrogen-bond acceptors (Lipinski definition) is 9. The first kappa shape index (κ1) is 20.8. The van der Waals surface area contributed by atoms with Crippen molar-refractivity contribution in [1.82, 2.24) is 19.7 Å². The molecule has 1 fully saturated rings. The quantitative estimate of drug-likeness (QED) is 0.452. The van der Waals surface area contributed by atoms with Crippen molar-refractivity contribution in [3.8, 4) is 5.13 Å². The van der Waals surface area contributed by atoms with E-state index in [4.69, 9.17) is 4.52 Å². The van der Waals surface area contributed by atoms with E-state index in [1.54, 1.807) is 37.6 Å². The molecule has 1 amide bonds. The second-order valence-electron chi connectivity index (χ2n) is 7.77.